The first kappa shape index (κ1) is 17.6. The SMILES string of the molecule is CC1(C)C(=O)N(CN2C(=O)C(C)(C)C(C)(C)C2=O)C(=O)C1(C)C. The fourth-order valence-corrected chi connectivity index (χ4v) is 3.00. The Hall–Kier alpha value is -1.72. The van der Waals surface area contributed by atoms with Crippen LogP contribution in [0.4, 0.5) is 0 Å². The maximum absolute atomic E-state index is 12.6. The van der Waals surface area contributed by atoms with Gasteiger partial charge in [0, 0.05) is 0 Å². The normalized spacial score (nSPS) is 28.0. The molecular weight excluding hydrogens is 296 g/mol. The van der Waals surface area contributed by atoms with Crippen molar-refractivity contribution in [2.75, 3.05) is 6.67 Å². The topological polar surface area (TPSA) is 74.8 Å². The first-order valence-electron chi connectivity index (χ1n) is 7.84. The Morgan fingerprint density at radius 3 is 0.870 bits per heavy atom. The summed E-state index contributed by atoms with van der Waals surface area (Å²) in [4.78, 5) is 52.6. The highest BCUT2D eigenvalue weighted by molar-refractivity contribution is 6.12. The Kier molecular flexibility index (Phi) is 3.39. The third kappa shape index (κ3) is 1.86. The average Bonchev–Trinajstić information content (AvgIpc) is 2.61. The second kappa shape index (κ2) is 4.42. The van der Waals surface area contributed by atoms with E-state index in [1.807, 2.05) is 0 Å². The number of imide groups is 2. The summed E-state index contributed by atoms with van der Waals surface area (Å²) in [5.74, 6) is -1.41. The molecule has 0 radical (unpaired) electrons. The number of likely N-dealkylation sites (tertiary alicyclic amines) is 2. The quantitative estimate of drug-likeness (QED) is 0.726. The Labute approximate surface area is 137 Å². The van der Waals surface area contributed by atoms with Gasteiger partial charge in [-0.15, -0.1) is 0 Å². The third-order valence-corrected chi connectivity index (χ3v) is 6.53. The zero-order chi connectivity index (χ0) is 18.2. The lowest BCUT2D eigenvalue weighted by Gasteiger charge is -2.28. The monoisotopic (exact) mass is 322 g/mol. The smallest absolute Gasteiger partial charge is 0.237 e. The molecule has 6 nitrogen and oxygen atoms in total. The van der Waals surface area contributed by atoms with Crippen LogP contribution in [-0.2, 0) is 19.2 Å². The molecule has 2 aliphatic heterocycles. The van der Waals surface area contributed by atoms with Gasteiger partial charge in [-0.3, -0.25) is 29.0 Å². The molecule has 0 aromatic carbocycles. The molecule has 0 N–H and O–H groups in total. The molecule has 2 aliphatic rings. The van der Waals surface area contributed by atoms with Gasteiger partial charge in [-0.25, -0.2) is 0 Å². The molecular formula is C17H26N2O4. The molecule has 2 rings (SSSR count). The van der Waals surface area contributed by atoms with Crippen LogP contribution >= 0.6 is 0 Å². The molecule has 6 heteroatoms. The minimum absolute atomic E-state index is 0.297. The molecule has 0 bridgehead atoms. The summed E-state index contributed by atoms with van der Waals surface area (Å²) in [6, 6.07) is 0. The van der Waals surface area contributed by atoms with Gasteiger partial charge >= 0.3 is 0 Å². The van der Waals surface area contributed by atoms with Crippen LogP contribution in [0.5, 0.6) is 0 Å². The van der Waals surface area contributed by atoms with Gasteiger partial charge in [0.05, 0.1) is 21.7 Å². The van der Waals surface area contributed by atoms with E-state index < -0.39 is 21.7 Å². The van der Waals surface area contributed by atoms with Gasteiger partial charge in [0.2, 0.25) is 23.6 Å². The van der Waals surface area contributed by atoms with E-state index in [0.29, 0.717) is 0 Å². The predicted octanol–water partition coefficient (Wildman–Crippen LogP) is 1.79. The van der Waals surface area contributed by atoms with Crippen LogP contribution in [0.1, 0.15) is 55.4 Å². The highest BCUT2D eigenvalue weighted by atomic mass is 16.2. The standard InChI is InChI=1S/C17H26N2O4/c1-14(2)10(20)18(11(21)15(14,3)4)9-19-12(22)16(5,6)17(7,8)13(19)23/h9H2,1-8H3. The molecule has 0 spiro atoms. The summed E-state index contributed by atoms with van der Waals surface area (Å²) in [6.45, 7) is 13.4. The number of rotatable bonds is 2. The fraction of sp³-hybridized carbons (Fsp3) is 0.765. The van der Waals surface area contributed by atoms with E-state index in [9.17, 15) is 19.2 Å². The van der Waals surface area contributed by atoms with Crippen molar-refractivity contribution in [1.29, 1.82) is 0 Å². The van der Waals surface area contributed by atoms with Crippen LogP contribution in [0.2, 0.25) is 0 Å². The molecule has 2 heterocycles. The van der Waals surface area contributed by atoms with Crippen LogP contribution in [0, 0.1) is 21.7 Å². The van der Waals surface area contributed by atoms with Gasteiger partial charge in [-0.1, -0.05) is 0 Å². The Balaban J connectivity index is 2.38. The molecule has 23 heavy (non-hydrogen) atoms. The second-order valence-corrected chi connectivity index (χ2v) is 8.72. The summed E-state index contributed by atoms with van der Waals surface area (Å²) < 4.78 is 0. The third-order valence-electron chi connectivity index (χ3n) is 6.53. The average molecular weight is 322 g/mol. The maximum Gasteiger partial charge on any atom is 0.237 e. The lowest BCUT2D eigenvalue weighted by atomic mass is 9.70. The first-order chi connectivity index (χ1) is 10.1. The van der Waals surface area contributed by atoms with Crippen molar-refractivity contribution in [3.05, 3.63) is 0 Å². The van der Waals surface area contributed by atoms with E-state index in [4.69, 9.17) is 0 Å². The zero-order valence-corrected chi connectivity index (χ0v) is 15.2. The Morgan fingerprint density at radius 1 is 0.522 bits per heavy atom. The molecule has 0 aliphatic carbocycles. The second-order valence-electron chi connectivity index (χ2n) is 8.72. The van der Waals surface area contributed by atoms with Crippen molar-refractivity contribution in [3.8, 4) is 0 Å². The lowest BCUT2D eigenvalue weighted by molar-refractivity contribution is -0.150. The van der Waals surface area contributed by atoms with Crippen LogP contribution < -0.4 is 0 Å². The molecule has 0 aromatic rings. The minimum atomic E-state index is -0.874. The van der Waals surface area contributed by atoms with E-state index in [1.54, 1.807) is 55.4 Å². The minimum Gasteiger partial charge on any atom is -0.274 e. The fourth-order valence-electron chi connectivity index (χ4n) is 3.00. The van der Waals surface area contributed by atoms with Crippen molar-refractivity contribution in [2.45, 2.75) is 55.4 Å². The summed E-state index contributed by atoms with van der Waals surface area (Å²) in [6.07, 6.45) is 0. The van der Waals surface area contributed by atoms with Gasteiger partial charge in [-0.2, -0.15) is 0 Å². The lowest BCUT2D eigenvalue weighted by Crippen LogP contribution is -2.46. The highest BCUT2D eigenvalue weighted by Gasteiger charge is 2.63. The maximum atomic E-state index is 12.6. The van der Waals surface area contributed by atoms with Gasteiger partial charge in [-0.05, 0) is 55.4 Å². The van der Waals surface area contributed by atoms with Crippen LogP contribution in [-0.4, -0.2) is 40.1 Å². The van der Waals surface area contributed by atoms with Gasteiger partial charge in [0.25, 0.3) is 0 Å². The van der Waals surface area contributed by atoms with Gasteiger partial charge in [0.1, 0.15) is 6.67 Å². The van der Waals surface area contributed by atoms with Crippen molar-refractivity contribution in [1.82, 2.24) is 9.80 Å². The largest absolute Gasteiger partial charge is 0.274 e. The summed E-state index contributed by atoms with van der Waals surface area (Å²) >= 11 is 0. The predicted molar refractivity (Wildman–Crippen MR) is 83.7 cm³/mol. The van der Waals surface area contributed by atoms with Crippen LogP contribution in [0.25, 0.3) is 0 Å². The molecule has 128 valence electrons. The number of amides is 4. The summed E-state index contributed by atoms with van der Waals surface area (Å²) in [5.41, 5.74) is -3.50. The molecule has 0 atom stereocenters. The van der Waals surface area contributed by atoms with Gasteiger partial charge in [0.15, 0.2) is 0 Å². The van der Waals surface area contributed by atoms with E-state index in [2.05, 4.69) is 0 Å². The summed E-state index contributed by atoms with van der Waals surface area (Å²) in [5, 5.41) is 0. The molecule has 0 unspecified atom stereocenters. The van der Waals surface area contributed by atoms with E-state index in [1.165, 1.54) is 0 Å². The molecule has 0 saturated carbocycles. The van der Waals surface area contributed by atoms with Crippen molar-refractivity contribution >= 4 is 23.6 Å². The number of hydrogen-bond donors (Lipinski definition) is 0. The van der Waals surface area contributed by atoms with Crippen molar-refractivity contribution in [3.63, 3.8) is 0 Å². The van der Waals surface area contributed by atoms with Crippen LogP contribution in [0.15, 0.2) is 0 Å². The van der Waals surface area contributed by atoms with Crippen LogP contribution in [0.3, 0.4) is 0 Å². The number of carbonyl (C=O) groups is 4. The van der Waals surface area contributed by atoms with E-state index in [0.717, 1.165) is 9.80 Å². The number of nitrogens with zero attached hydrogens (tertiary/aromatic N) is 2. The van der Waals surface area contributed by atoms with Gasteiger partial charge < -0.3 is 0 Å². The Bertz CT molecular complexity index is 523. The number of hydrogen-bond acceptors (Lipinski definition) is 4. The van der Waals surface area contributed by atoms with Crippen molar-refractivity contribution in [2.24, 2.45) is 21.7 Å². The Morgan fingerprint density at radius 2 is 0.696 bits per heavy atom. The molecule has 4 amide bonds. The molecule has 2 saturated heterocycles. The molecule has 2 fully saturated rings. The highest BCUT2D eigenvalue weighted by Crippen LogP contribution is 2.50. The zero-order valence-electron chi connectivity index (χ0n) is 15.2. The summed E-state index contributed by atoms with van der Waals surface area (Å²) in [7, 11) is 0. The first-order valence-corrected chi connectivity index (χ1v) is 7.84. The number of carbonyl (C=O) groups excluding carboxylic acids is 4. The van der Waals surface area contributed by atoms with E-state index >= 15 is 0 Å². The van der Waals surface area contributed by atoms with E-state index in [-0.39, 0.29) is 30.3 Å². The van der Waals surface area contributed by atoms with Crippen molar-refractivity contribution < 1.29 is 19.2 Å². The molecule has 0 aromatic heterocycles.